The molecule has 0 nitrogen and oxygen atoms in total. The number of rotatable bonds is 0. The number of halogens is 4. The topological polar surface area (TPSA) is 0 Å². The van der Waals surface area contributed by atoms with Crippen molar-refractivity contribution >= 4 is 21.6 Å². The van der Waals surface area contributed by atoms with Gasteiger partial charge in [0, 0.05) is 0 Å². The Labute approximate surface area is 84.0 Å². The molecule has 0 rings (SSSR count). The first-order valence-electron chi connectivity index (χ1n) is 0.286. The summed E-state index contributed by atoms with van der Waals surface area (Å²) in [7, 11) is 5.03. The Morgan fingerprint density at radius 1 is 1.60 bits per heavy atom. The molecule has 0 atom stereocenters. The van der Waals surface area contributed by atoms with Crippen molar-refractivity contribution in [2.24, 2.45) is 0 Å². The van der Waals surface area contributed by atoms with Crippen LogP contribution in [0.4, 0.5) is 0 Å². The summed E-state index contributed by atoms with van der Waals surface area (Å²) >= 11 is 2.90. The molecule has 0 bridgehead atoms. The van der Waals surface area contributed by atoms with Gasteiger partial charge in [-0.15, -0.1) is 0 Å². The second-order valence-corrected chi connectivity index (χ2v) is 5.65. The Bertz CT molecular complexity index is 9.61. The molecule has 0 saturated carbocycles. The Morgan fingerprint density at radius 3 is 1.60 bits per heavy atom. The van der Waals surface area contributed by atoms with Gasteiger partial charge in [-0.25, -0.2) is 0 Å². The summed E-state index contributed by atoms with van der Waals surface area (Å²) < 4.78 is 0. The third-order valence-electron chi connectivity index (χ3n) is 0. The molecular weight excluding hydrogens is 477 g/mol. The monoisotopic (exact) mass is 475 g/mol. The molecule has 0 aliphatic carbocycles. The second kappa shape index (κ2) is 15.8. The zero-order valence-corrected chi connectivity index (χ0v) is 9.95. The van der Waals surface area contributed by atoms with Gasteiger partial charge >= 0.3 is 61.8 Å². The molecule has 0 N–H and O–H groups in total. The molecule has 0 aromatic carbocycles. The van der Waals surface area contributed by atoms with Crippen LogP contribution >= 0.6 is 21.6 Å². The molecule has 5 heavy (non-hydrogen) atoms. The predicted molar refractivity (Wildman–Crippen MR) is 14.8 cm³/mol. The zero-order valence-electron chi connectivity index (χ0n) is 1.81. The minimum Gasteiger partial charge on any atom is -1.00 e. The first-order chi connectivity index (χ1) is 1.41. The quantitative estimate of drug-likeness (QED) is 0.244. The third-order valence-corrected chi connectivity index (χ3v) is 0. The first-order valence-corrected chi connectivity index (χ1v) is 7.85. The van der Waals surface area contributed by atoms with Gasteiger partial charge in [-0.2, -0.15) is 0 Å². The Hall–Kier alpha value is 2.97. The van der Waals surface area contributed by atoms with Gasteiger partial charge in [-0.1, -0.05) is 0 Å². The fraction of sp³-hybridized carbons (Fsp3) is 0. The van der Waals surface area contributed by atoms with Crippen LogP contribution in [0.25, 0.3) is 0 Å². The predicted octanol–water partition coefficient (Wildman–Crippen LogP) is -4.46. The fourth-order valence-corrected chi connectivity index (χ4v) is 0. The van der Waals surface area contributed by atoms with E-state index in [-0.39, 0.29) is 64.2 Å². The summed E-state index contributed by atoms with van der Waals surface area (Å²) in [4.78, 5) is 0. The van der Waals surface area contributed by atoms with Crippen molar-refractivity contribution in [2.75, 3.05) is 0 Å². The van der Waals surface area contributed by atoms with Crippen molar-refractivity contribution < 1.29 is 64.2 Å². The molecule has 0 heterocycles. The smallest absolute Gasteiger partial charge is 1.00 e. The first kappa shape index (κ1) is 15.7. The Kier molecular flexibility index (Phi) is 49.4. The Morgan fingerprint density at radius 2 is 1.60 bits per heavy atom. The van der Waals surface area contributed by atoms with Crippen molar-refractivity contribution in [3.63, 3.8) is 0 Å². The molecular formula is AgBrClI2-. The summed E-state index contributed by atoms with van der Waals surface area (Å²) in [6.45, 7) is 0. The maximum Gasteiger partial charge on any atom is 1.00 e. The van der Waals surface area contributed by atoms with Gasteiger partial charge in [0.1, 0.15) is 0 Å². The molecule has 0 amide bonds. The van der Waals surface area contributed by atoms with E-state index in [1.54, 1.807) is 0 Å². The molecule has 0 unspecified atom stereocenters. The summed E-state index contributed by atoms with van der Waals surface area (Å²) in [6.07, 6.45) is 0. The summed E-state index contributed by atoms with van der Waals surface area (Å²) in [5, 5.41) is 0. The second-order valence-electron chi connectivity index (χ2n) is 0.0540. The largest absolute Gasteiger partial charge is 1.00 e. The van der Waals surface area contributed by atoms with E-state index < -0.39 is 0 Å². The standard InChI is InChI=1S/Ag.BrClI.HI/c;1-3-2;/h;;1H/q+1;-1;/p-1. The maximum absolute atomic E-state index is 5.03. The van der Waals surface area contributed by atoms with Crippen molar-refractivity contribution in [3.8, 4) is 0 Å². The average molecular weight is 477 g/mol. The molecule has 0 aliphatic heterocycles. The van der Waals surface area contributed by atoms with Crippen LogP contribution in [-0.2, 0) is 22.4 Å². The van der Waals surface area contributed by atoms with E-state index in [4.69, 9.17) is 8.91 Å². The van der Waals surface area contributed by atoms with Crippen molar-refractivity contribution in [1.29, 1.82) is 0 Å². The molecule has 5 heteroatoms. The van der Waals surface area contributed by atoms with Crippen molar-refractivity contribution in [1.82, 2.24) is 0 Å². The van der Waals surface area contributed by atoms with Crippen LogP contribution in [0.1, 0.15) is 0 Å². The third kappa shape index (κ3) is 19.5. The molecule has 0 aromatic heterocycles. The average Bonchev–Trinajstić information content (AvgIpc) is 0.918. The minimum absolute atomic E-state index is 0. The van der Waals surface area contributed by atoms with E-state index in [1.807, 2.05) is 0 Å². The molecule has 0 radical (unpaired) electrons. The van der Waals surface area contributed by atoms with Crippen molar-refractivity contribution in [3.05, 3.63) is 0 Å². The van der Waals surface area contributed by atoms with E-state index in [0.29, 0.717) is 0 Å². The molecule has 0 fully saturated rings. The van der Waals surface area contributed by atoms with Gasteiger partial charge < -0.3 is 24.0 Å². The van der Waals surface area contributed by atoms with Crippen molar-refractivity contribution in [2.45, 2.75) is 0 Å². The van der Waals surface area contributed by atoms with Gasteiger partial charge in [0.2, 0.25) is 0 Å². The van der Waals surface area contributed by atoms with Gasteiger partial charge in [0.05, 0.1) is 0 Å². The van der Waals surface area contributed by atoms with Crippen LogP contribution < -0.4 is 41.8 Å². The minimum atomic E-state index is -0.125. The van der Waals surface area contributed by atoms with Crippen LogP contribution in [0.2, 0.25) is 0 Å². The van der Waals surface area contributed by atoms with Crippen LogP contribution in [0.5, 0.6) is 0 Å². The van der Waals surface area contributed by atoms with E-state index in [9.17, 15) is 0 Å². The number of hydrogen-bond acceptors (Lipinski definition) is 0. The normalized spacial score (nSPS) is 4.40. The molecule has 40 valence electrons. The number of hydrogen-bond donors (Lipinski definition) is 0. The maximum atomic E-state index is 5.03. The van der Waals surface area contributed by atoms with Crippen LogP contribution in [0.15, 0.2) is 0 Å². The Balaban J connectivity index is -0.0000000200. The van der Waals surface area contributed by atoms with E-state index in [1.165, 1.54) is 0 Å². The van der Waals surface area contributed by atoms with Crippen LogP contribution in [0, 0.1) is 0 Å². The summed E-state index contributed by atoms with van der Waals surface area (Å²) in [6, 6.07) is 0. The zero-order chi connectivity index (χ0) is 2.71. The molecule has 0 saturated heterocycles. The van der Waals surface area contributed by atoms with Gasteiger partial charge in [0.15, 0.2) is 0 Å². The molecule has 0 spiro atoms. The SMILES string of the molecule is Cl[I-]Br.[Ag+].[I-]. The van der Waals surface area contributed by atoms with Crippen LogP contribution in [-0.4, -0.2) is 0 Å². The molecule has 0 aliphatic rings. The van der Waals surface area contributed by atoms with E-state index in [0.717, 1.165) is 0 Å². The van der Waals surface area contributed by atoms with Gasteiger partial charge in [0.25, 0.3) is 0 Å². The van der Waals surface area contributed by atoms with E-state index >= 15 is 0 Å². The summed E-state index contributed by atoms with van der Waals surface area (Å²) in [5.41, 5.74) is 0. The van der Waals surface area contributed by atoms with Gasteiger partial charge in [-0.3, -0.25) is 0 Å². The molecule has 0 aromatic rings. The summed E-state index contributed by atoms with van der Waals surface area (Å²) in [5.74, 6) is 0. The van der Waals surface area contributed by atoms with Gasteiger partial charge in [-0.05, 0) is 0 Å². The van der Waals surface area contributed by atoms with Crippen LogP contribution in [0.3, 0.4) is 0 Å². The van der Waals surface area contributed by atoms with E-state index in [2.05, 4.69) is 12.7 Å². The fourth-order valence-electron chi connectivity index (χ4n) is 0.